The van der Waals surface area contributed by atoms with Crippen LogP contribution in [0, 0.1) is 18.6 Å². The number of hydrogen-bond donors (Lipinski definition) is 1. The van der Waals surface area contributed by atoms with Gasteiger partial charge in [-0.3, -0.25) is 4.79 Å². The van der Waals surface area contributed by atoms with Crippen molar-refractivity contribution < 1.29 is 13.6 Å². The summed E-state index contributed by atoms with van der Waals surface area (Å²) < 4.78 is 26.8. The molecule has 0 unspecified atom stereocenters. The molecule has 0 saturated heterocycles. The smallest absolute Gasteiger partial charge is 0.169 e. The molecule has 0 saturated carbocycles. The first-order chi connectivity index (χ1) is 10.1. The molecule has 3 aromatic rings. The SMILES string of the molecule is Cc1ccc2c(C(=O)Cc3cccc(F)c3F)c[nH]c2c1. The van der Waals surface area contributed by atoms with Crippen LogP contribution in [0.25, 0.3) is 10.9 Å². The third kappa shape index (κ3) is 2.44. The van der Waals surface area contributed by atoms with E-state index < -0.39 is 11.6 Å². The Kier molecular flexibility index (Phi) is 3.29. The van der Waals surface area contributed by atoms with E-state index in [-0.39, 0.29) is 17.8 Å². The van der Waals surface area contributed by atoms with Crippen LogP contribution < -0.4 is 0 Å². The van der Waals surface area contributed by atoms with Gasteiger partial charge in [0.15, 0.2) is 17.4 Å². The van der Waals surface area contributed by atoms with E-state index >= 15 is 0 Å². The van der Waals surface area contributed by atoms with Gasteiger partial charge in [-0.15, -0.1) is 0 Å². The minimum atomic E-state index is -0.957. The van der Waals surface area contributed by atoms with Crippen molar-refractivity contribution in [1.82, 2.24) is 4.98 Å². The van der Waals surface area contributed by atoms with Gasteiger partial charge in [-0.05, 0) is 30.2 Å². The van der Waals surface area contributed by atoms with E-state index in [1.54, 1.807) is 6.20 Å². The zero-order chi connectivity index (χ0) is 15.0. The molecule has 0 atom stereocenters. The van der Waals surface area contributed by atoms with Gasteiger partial charge >= 0.3 is 0 Å². The Morgan fingerprint density at radius 3 is 2.81 bits per heavy atom. The van der Waals surface area contributed by atoms with Crippen molar-refractivity contribution >= 4 is 16.7 Å². The Balaban J connectivity index is 1.96. The van der Waals surface area contributed by atoms with Crippen molar-refractivity contribution in [1.29, 1.82) is 0 Å². The van der Waals surface area contributed by atoms with Gasteiger partial charge in [-0.2, -0.15) is 0 Å². The fourth-order valence-electron chi connectivity index (χ4n) is 2.42. The topological polar surface area (TPSA) is 32.9 Å². The van der Waals surface area contributed by atoms with Gasteiger partial charge in [0.1, 0.15) is 0 Å². The molecule has 1 heterocycles. The van der Waals surface area contributed by atoms with Crippen LogP contribution in [-0.2, 0) is 6.42 Å². The van der Waals surface area contributed by atoms with Crippen LogP contribution in [0.5, 0.6) is 0 Å². The Bertz CT molecular complexity index is 836. The molecular formula is C17H13F2NO. The van der Waals surface area contributed by atoms with Crippen LogP contribution in [0.15, 0.2) is 42.6 Å². The van der Waals surface area contributed by atoms with Gasteiger partial charge in [0.05, 0.1) is 0 Å². The summed E-state index contributed by atoms with van der Waals surface area (Å²) in [4.78, 5) is 15.4. The second-order valence-corrected chi connectivity index (χ2v) is 5.06. The number of hydrogen-bond acceptors (Lipinski definition) is 1. The lowest BCUT2D eigenvalue weighted by molar-refractivity contribution is 0.0993. The van der Waals surface area contributed by atoms with E-state index in [2.05, 4.69) is 4.98 Å². The summed E-state index contributed by atoms with van der Waals surface area (Å²) in [5.41, 5.74) is 2.51. The Labute approximate surface area is 120 Å². The number of Topliss-reactive ketones (excluding diaryl/α,β-unsaturated/α-hetero) is 1. The number of halogens is 2. The number of H-pyrrole nitrogens is 1. The molecule has 0 amide bonds. The number of aryl methyl sites for hydroxylation is 1. The largest absolute Gasteiger partial charge is 0.360 e. The van der Waals surface area contributed by atoms with Crippen molar-refractivity contribution in [2.75, 3.05) is 0 Å². The fraction of sp³-hybridized carbons (Fsp3) is 0.118. The van der Waals surface area contributed by atoms with Gasteiger partial charge in [0.2, 0.25) is 0 Å². The standard InChI is InChI=1S/C17H13F2NO/c1-10-5-6-12-13(9-20-15(12)7-10)16(21)8-11-3-2-4-14(18)17(11)19/h2-7,9,20H,8H2,1H3. The predicted molar refractivity (Wildman–Crippen MR) is 77.4 cm³/mol. The van der Waals surface area contributed by atoms with Crippen molar-refractivity contribution in [3.8, 4) is 0 Å². The third-order valence-corrected chi connectivity index (χ3v) is 3.52. The lowest BCUT2D eigenvalue weighted by atomic mass is 10.0. The van der Waals surface area contributed by atoms with Crippen molar-refractivity contribution in [3.05, 3.63) is 70.9 Å². The van der Waals surface area contributed by atoms with Crippen LogP contribution in [0.4, 0.5) is 8.78 Å². The normalized spacial score (nSPS) is 11.0. The number of benzene rings is 2. The number of ketones is 1. The van der Waals surface area contributed by atoms with Crippen LogP contribution in [-0.4, -0.2) is 10.8 Å². The second kappa shape index (κ2) is 5.13. The highest BCUT2D eigenvalue weighted by Crippen LogP contribution is 2.22. The van der Waals surface area contributed by atoms with E-state index in [1.807, 2.05) is 25.1 Å². The monoisotopic (exact) mass is 285 g/mol. The van der Waals surface area contributed by atoms with E-state index in [0.717, 1.165) is 22.5 Å². The summed E-state index contributed by atoms with van der Waals surface area (Å²) in [6.45, 7) is 1.96. The minimum absolute atomic E-state index is 0.0708. The summed E-state index contributed by atoms with van der Waals surface area (Å²) in [7, 11) is 0. The van der Waals surface area contributed by atoms with Crippen LogP contribution in [0.1, 0.15) is 21.5 Å². The molecule has 0 aliphatic carbocycles. The molecule has 21 heavy (non-hydrogen) atoms. The maximum absolute atomic E-state index is 13.6. The quantitative estimate of drug-likeness (QED) is 0.719. The molecule has 0 aliphatic heterocycles. The van der Waals surface area contributed by atoms with Crippen molar-refractivity contribution in [2.45, 2.75) is 13.3 Å². The van der Waals surface area contributed by atoms with Crippen LogP contribution in [0.2, 0.25) is 0 Å². The number of fused-ring (bicyclic) bond motifs is 1. The molecular weight excluding hydrogens is 272 g/mol. The first-order valence-corrected chi connectivity index (χ1v) is 6.60. The molecule has 1 aromatic heterocycles. The van der Waals surface area contributed by atoms with Gasteiger partial charge < -0.3 is 4.98 Å². The second-order valence-electron chi connectivity index (χ2n) is 5.06. The van der Waals surface area contributed by atoms with Crippen LogP contribution in [0.3, 0.4) is 0 Å². The number of rotatable bonds is 3. The molecule has 2 aromatic carbocycles. The molecule has 106 valence electrons. The molecule has 3 rings (SSSR count). The maximum Gasteiger partial charge on any atom is 0.169 e. The molecule has 4 heteroatoms. The first kappa shape index (κ1) is 13.5. The van der Waals surface area contributed by atoms with E-state index in [1.165, 1.54) is 12.1 Å². The molecule has 0 aliphatic rings. The lowest BCUT2D eigenvalue weighted by Gasteiger charge is -2.03. The van der Waals surface area contributed by atoms with E-state index in [4.69, 9.17) is 0 Å². The highest BCUT2D eigenvalue weighted by Gasteiger charge is 2.16. The van der Waals surface area contributed by atoms with Crippen molar-refractivity contribution in [3.63, 3.8) is 0 Å². The molecule has 0 bridgehead atoms. The summed E-state index contributed by atoms with van der Waals surface area (Å²) >= 11 is 0. The average molecular weight is 285 g/mol. The fourth-order valence-corrected chi connectivity index (χ4v) is 2.42. The summed E-state index contributed by atoms with van der Waals surface area (Å²) in [5, 5.41) is 0.794. The summed E-state index contributed by atoms with van der Waals surface area (Å²) in [5.74, 6) is -2.13. The van der Waals surface area contributed by atoms with E-state index in [9.17, 15) is 13.6 Å². The molecule has 1 N–H and O–H groups in total. The predicted octanol–water partition coefficient (Wildman–Crippen LogP) is 4.18. The number of nitrogens with one attached hydrogen (secondary N) is 1. The summed E-state index contributed by atoms with van der Waals surface area (Å²) in [6.07, 6.45) is 1.45. The van der Waals surface area contributed by atoms with Gasteiger partial charge in [0, 0.05) is 29.1 Å². The molecule has 2 nitrogen and oxygen atoms in total. The number of carbonyl (C=O) groups is 1. The Hall–Kier alpha value is -2.49. The molecule has 0 radical (unpaired) electrons. The average Bonchev–Trinajstić information content (AvgIpc) is 2.86. The van der Waals surface area contributed by atoms with Crippen molar-refractivity contribution in [2.24, 2.45) is 0 Å². The first-order valence-electron chi connectivity index (χ1n) is 6.60. The third-order valence-electron chi connectivity index (χ3n) is 3.52. The lowest BCUT2D eigenvalue weighted by Crippen LogP contribution is -2.05. The molecule has 0 fully saturated rings. The number of aromatic amines is 1. The van der Waals surface area contributed by atoms with Crippen LogP contribution >= 0.6 is 0 Å². The number of carbonyl (C=O) groups excluding carboxylic acids is 1. The van der Waals surface area contributed by atoms with E-state index in [0.29, 0.717) is 5.56 Å². The van der Waals surface area contributed by atoms with Gasteiger partial charge in [-0.1, -0.05) is 24.3 Å². The zero-order valence-corrected chi connectivity index (χ0v) is 11.4. The Morgan fingerprint density at radius 2 is 2.00 bits per heavy atom. The highest BCUT2D eigenvalue weighted by molar-refractivity contribution is 6.08. The molecule has 0 spiro atoms. The Morgan fingerprint density at radius 1 is 1.19 bits per heavy atom. The highest BCUT2D eigenvalue weighted by atomic mass is 19.2. The maximum atomic E-state index is 13.6. The minimum Gasteiger partial charge on any atom is -0.360 e. The summed E-state index contributed by atoms with van der Waals surface area (Å²) in [6, 6.07) is 9.58. The van der Waals surface area contributed by atoms with Gasteiger partial charge in [-0.25, -0.2) is 8.78 Å². The van der Waals surface area contributed by atoms with Gasteiger partial charge in [0.25, 0.3) is 0 Å². The number of aromatic nitrogens is 1. The zero-order valence-electron chi connectivity index (χ0n) is 11.4.